The maximum absolute atomic E-state index is 11.6. The Morgan fingerprint density at radius 3 is 2.45 bits per heavy atom. The van der Waals surface area contributed by atoms with Gasteiger partial charge in [0, 0.05) is 13.6 Å². The van der Waals surface area contributed by atoms with Gasteiger partial charge in [-0.3, -0.25) is 0 Å². The van der Waals surface area contributed by atoms with E-state index in [0.717, 1.165) is 5.56 Å². The van der Waals surface area contributed by atoms with Crippen molar-refractivity contribution in [2.75, 3.05) is 26.2 Å². The highest BCUT2D eigenvalue weighted by molar-refractivity contribution is 5.92. The number of anilines is 1. The van der Waals surface area contributed by atoms with Crippen LogP contribution in [-0.4, -0.2) is 37.3 Å². The minimum Gasteiger partial charge on any atom is -0.508 e. The molecule has 22 heavy (non-hydrogen) atoms. The van der Waals surface area contributed by atoms with E-state index in [-0.39, 0.29) is 17.2 Å². The summed E-state index contributed by atoms with van der Waals surface area (Å²) >= 11 is 0. The average Bonchev–Trinajstić information content (AvgIpc) is 2.55. The van der Waals surface area contributed by atoms with Gasteiger partial charge in [0.15, 0.2) is 0 Å². The van der Waals surface area contributed by atoms with Crippen LogP contribution in [0, 0.1) is 0 Å². The number of nitrogens with zero attached hydrogens (tertiary/aromatic N) is 2. The van der Waals surface area contributed by atoms with Crippen molar-refractivity contribution in [3.05, 3.63) is 47.5 Å². The molecule has 1 aromatic carbocycles. The number of ether oxygens (including phenoxy) is 2. The maximum Gasteiger partial charge on any atom is 0.343 e. The van der Waals surface area contributed by atoms with Gasteiger partial charge in [0.1, 0.15) is 17.1 Å². The third-order valence-electron chi connectivity index (χ3n) is 3.19. The SMILES string of the molecule is COC(=O)c1ccc(N(C)Cc2ccc(O)cc2)nc1OC. The minimum absolute atomic E-state index is 0.224. The van der Waals surface area contributed by atoms with E-state index < -0.39 is 5.97 Å². The molecule has 0 atom stereocenters. The van der Waals surface area contributed by atoms with E-state index in [1.54, 1.807) is 24.3 Å². The molecule has 6 heteroatoms. The van der Waals surface area contributed by atoms with Crippen molar-refractivity contribution in [1.29, 1.82) is 0 Å². The largest absolute Gasteiger partial charge is 0.508 e. The Bertz CT molecular complexity index is 656. The number of esters is 1. The van der Waals surface area contributed by atoms with Crippen molar-refractivity contribution in [3.8, 4) is 11.6 Å². The summed E-state index contributed by atoms with van der Waals surface area (Å²) in [5, 5.41) is 9.30. The molecule has 0 amide bonds. The molecule has 0 saturated heterocycles. The number of methoxy groups -OCH3 is 2. The molecule has 1 N–H and O–H groups in total. The summed E-state index contributed by atoms with van der Waals surface area (Å²) in [5.74, 6) is 0.630. The van der Waals surface area contributed by atoms with Crippen LogP contribution in [0.15, 0.2) is 36.4 Å². The van der Waals surface area contributed by atoms with Gasteiger partial charge in [-0.25, -0.2) is 4.79 Å². The summed E-state index contributed by atoms with van der Waals surface area (Å²) in [7, 11) is 4.65. The van der Waals surface area contributed by atoms with Crippen molar-refractivity contribution < 1.29 is 19.4 Å². The van der Waals surface area contributed by atoms with E-state index in [1.807, 2.05) is 24.1 Å². The highest BCUT2D eigenvalue weighted by Gasteiger charge is 2.16. The van der Waals surface area contributed by atoms with Gasteiger partial charge < -0.3 is 19.5 Å². The van der Waals surface area contributed by atoms with Crippen LogP contribution in [0.1, 0.15) is 15.9 Å². The van der Waals surface area contributed by atoms with Crippen molar-refractivity contribution >= 4 is 11.8 Å². The molecule has 1 aromatic heterocycles. The van der Waals surface area contributed by atoms with E-state index in [0.29, 0.717) is 12.4 Å². The van der Waals surface area contributed by atoms with E-state index in [2.05, 4.69) is 9.72 Å². The molecule has 6 nitrogen and oxygen atoms in total. The molecule has 0 aliphatic rings. The number of phenolic OH excluding ortho intramolecular Hbond substituents is 1. The zero-order chi connectivity index (χ0) is 16.1. The van der Waals surface area contributed by atoms with Gasteiger partial charge in [-0.1, -0.05) is 12.1 Å². The van der Waals surface area contributed by atoms with Gasteiger partial charge in [0.05, 0.1) is 14.2 Å². The zero-order valence-electron chi connectivity index (χ0n) is 12.7. The predicted molar refractivity (Wildman–Crippen MR) is 82.3 cm³/mol. The summed E-state index contributed by atoms with van der Waals surface area (Å²) in [4.78, 5) is 17.9. The lowest BCUT2D eigenvalue weighted by Gasteiger charge is -2.19. The number of rotatable bonds is 5. The monoisotopic (exact) mass is 302 g/mol. The molecule has 116 valence electrons. The Morgan fingerprint density at radius 1 is 1.18 bits per heavy atom. The second-order valence-electron chi connectivity index (χ2n) is 4.74. The number of hydrogen-bond acceptors (Lipinski definition) is 6. The van der Waals surface area contributed by atoms with Crippen LogP contribution in [-0.2, 0) is 11.3 Å². The molecule has 0 radical (unpaired) electrons. The molecule has 0 fully saturated rings. The number of benzene rings is 1. The summed E-state index contributed by atoms with van der Waals surface area (Å²) in [6.07, 6.45) is 0. The summed E-state index contributed by atoms with van der Waals surface area (Å²) in [6, 6.07) is 10.3. The van der Waals surface area contributed by atoms with Crippen LogP contribution < -0.4 is 9.64 Å². The topological polar surface area (TPSA) is 71.9 Å². The molecule has 0 saturated carbocycles. The molecule has 0 aliphatic heterocycles. The second-order valence-corrected chi connectivity index (χ2v) is 4.74. The fraction of sp³-hybridized carbons (Fsp3) is 0.250. The van der Waals surface area contributed by atoms with Crippen LogP contribution in [0.3, 0.4) is 0 Å². The first-order chi connectivity index (χ1) is 10.5. The van der Waals surface area contributed by atoms with Crippen molar-refractivity contribution in [3.63, 3.8) is 0 Å². The molecule has 0 spiro atoms. The van der Waals surface area contributed by atoms with E-state index in [1.165, 1.54) is 14.2 Å². The lowest BCUT2D eigenvalue weighted by molar-refractivity contribution is 0.0596. The normalized spacial score (nSPS) is 10.1. The van der Waals surface area contributed by atoms with E-state index in [9.17, 15) is 9.90 Å². The number of aromatic hydroxyl groups is 1. The molecule has 0 unspecified atom stereocenters. The fourth-order valence-corrected chi connectivity index (χ4v) is 2.02. The van der Waals surface area contributed by atoms with Gasteiger partial charge in [0.25, 0.3) is 0 Å². The number of carbonyl (C=O) groups is 1. The third-order valence-corrected chi connectivity index (χ3v) is 3.19. The fourth-order valence-electron chi connectivity index (χ4n) is 2.02. The lowest BCUT2D eigenvalue weighted by atomic mass is 10.2. The smallest absolute Gasteiger partial charge is 0.343 e. The highest BCUT2D eigenvalue weighted by atomic mass is 16.5. The van der Waals surface area contributed by atoms with Gasteiger partial charge in [-0.15, -0.1) is 0 Å². The second kappa shape index (κ2) is 6.80. The van der Waals surface area contributed by atoms with Crippen molar-refractivity contribution in [1.82, 2.24) is 4.98 Å². The van der Waals surface area contributed by atoms with Gasteiger partial charge in [-0.2, -0.15) is 4.98 Å². The first-order valence-corrected chi connectivity index (χ1v) is 6.67. The van der Waals surface area contributed by atoms with Crippen molar-refractivity contribution in [2.24, 2.45) is 0 Å². The lowest BCUT2D eigenvalue weighted by Crippen LogP contribution is -2.18. The Balaban J connectivity index is 2.20. The summed E-state index contributed by atoms with van der Waals surface area (Å²) in [6.45, 7) is 0.605. The van der Waals surface area contributed by atoms with Crippen LogP contribution in [0.4, 0.5) is 5.82 Å². The number of pyridine rings is 1. The van der Waals surface area contributed by atoms with Gasteiger partial charge in [0.2, 0.25) is 5.88 Å². The minimum atomic E-state index is -0.489. The maximum atomic E-state index is 11.6. The Labute approximate surface area is 128 Å². The van der Waals surface area contributed by atoms with E-state index >= 15 is 0 Å². The van der Waals surface area contributed by atoms with Crippen LogP contribution in [0.25, 0.3) is 0 Å². The van der Waals surface area contributed by atoms with Gasteiger partial charge >= 0.3 is 5.97 Å². The summed E-state index contributed by atoms with van der Waals surface area (Å²) < 4.78 is 9.84. The standard InChI is InChI=1S/C16H18N2O4/c1-18(10-11-4-6-12(19)7-5-11)14-9-8-13(16(20)22-3)15(17-14)21-2/h4-9,19H,10H2,1-3H3. The Kier molecular flexibility index (Phi) is 4.83. The first-order valence-electron chi connectivity index (χ1n) is 6.67. The molecule has 2 rings (SSSR count). The Hall–Kier alpha value is -2.76. The van der Waals surface area contributed by atoms with Crippen LogP contribution >= 0.6 is 0 Å². The Morgan fingerprint density at radius 2 is 1.86 bits per heavy atom. The van der Waals surface area contributed by atoms with Crippen LogP contribution in [0.2, 0.25) is 0 Å². The first kappa shape index (κ1) is 15.6. The molecular formula is C16H18N2O4. The number of phenols is 1. The summed E-state index contributed by atoms with van der Waals surface area (Å²) in [5.41, 5.74) is 1.31. The average molecular weight is 302 g/mol. The van der Waals surface area contributed by atoms with Crippen molar-refractivity contribution in [2.45, 2.75) is 6.54 Å². The van der Waals surface area contributed by atoms with E-state index in [4.69, 9.17) is 4.74 Å². The number of aromatic nitrogens is 1. The number of hydrogen-bond donors (Lipinski definition) is 1. The van der Waals surface area contributed by atoms with Crippen LogP contribution in [0.5, 0.6) is 11.6 Å². The molecule has 2 aromatic rings. The molecule has 0 aliphatic carbocycles. The quantitative estimate of drug-likeness (QED) is 0.854. The highest BCUT2D eigenvalue weighted by Crippen LogP contribution is 2.22. The third kappa shape index (κ3) is 3.46. The molecular weight excluding hydrogens is 284 g/mol. The zero-order valence-corrected chi connectivity index (χ0v) is 12.7. The predicted octanol–water partition coefficient (Wildman–Crippen LogP) is 2.22. The number of carbonyl (C=O) groups excluding carboxylic acids is 1. The molecule has 0 bridgehead atoms. The van der Waals surface area contributed by atoms with Gasteiger partial charge in [-0.05, 0) is 29.8 Å². The molecule has 1 heterocycles.